The number of imide groups is 1. The summed E-state index contributed by atoms with van der Waals surface area (Å²) < 4.78 is 26.5. The summed E-state index contributed by atoms with van der Waals surface area (Å²) in [6, 6.07) is 6.89. The van der Waals surface area contributed by atoms with Crippen molar-refractivity contribution in [3.63, 3.8) is 0 Å². The molecule has 0 unspecified atom stereocenters. The molecule has 2 aromatic rings. The van der Waals surface area contributed by atoms with Crippen LogP contribution in [0.3, 0.4) is 0 Å². The molecule has 3 N–H and O–H groups in total. The van der Waals surface area contributed by atoms with Gasteiger partial charge in [-0.1, -0.05) is 12.1 Å². The van der Waals surface area contributed by atoms with Gasteiger partial charge in [0.25, 0.3) is 11.8 Å². The van der Waals surface area contributed by atoms with Crippen molar-refractivity contribution in [3.05, 3.63) is 41.5 Å². The van der Waals surface area contributed by atoms with Crippen LogP contribution in [0.1, 0.15) is 20.7 Å². The summed E-state index contributed by atoms with van der Waals surface area (Å²) in [6.45, 7) is -1.34. The van der Waals surface area contributed by atoms with E-state index in [0.29, 0.717) is 5.39 Å². The van der Waals surface area contributed by atoms with Crippen LogP contribution in [0, 0.1) is 0 Å². The number of hydrogen-bond acceptors (Lipinski definition) is 7. The average molecular weight is 380 g/mol. The fourth-order valence-corrected chi connectivity index (χ4v) is 4.43. The summed E-state index contributed by atoms with van der Waals surface area (Å²) in [5.41, 5.74) is -0.0298. The highest BCUT2D eigenvalue weighted by Gasteiger charge is 2.34. The van der Waals surface area contributed by atoms with E-state index in [2.05, 4.69) is 0 Å². The zero-order valence-electron chi connectivity index (χ0n) is 13.5. The summed E-state index contributed by atoms with van der Waals surface area (Å²) in [4.78, 5) is 24.1. The Morgan fingerprint density at radius 1 is 0.962 bits per heavy atom. The molecular formula is C16H16N2O7S. The second-order valence-electron chi connectivity index (χ2n) is 5.65. The Balaban J connectivity index is 2.25. The van der Waals surface area contributed by atoms with Crippen molar-refractivity contribution in [1.29, 1.82) is 0 Å². The molecule has 10 heteroatoms. The van der Waals surface area contributed by atoms with E-state index in [1.165, 1.54) is 18.2 Å². The number of benzene rings is 2. The second kappa shape index (κ2) is 6.74. The maximum atomic E-state index is 12.8. The second-order valence-corrected chi connectivity index (χ2v) is 7.59. The lowest BCUT2D eigenvalue weighted by molar-refractivity contribution is -0.0377. The number of rotatable bonds is 6. The number of hydrogen-bond donors (Lipinski definition) is 3. The average Bonchev–Trinajstić information content (AvgIpc) is 2.63. The van der Waals surface area contributed by atoms with E-state index in [0.717, 1.165) is 10.4 Å². The first-order valence-electron chi connectivity index (χ1n) is 7.69. The highest BCUT2D eigenvalue weighted by molar-refractivity contribution is 7.89. The zero-order chi connectivity index (χ0) is 19.1. The van der Waals surface area contributed by atoms with Gasteiger partial charge in [0.2, 0.25) is 10.0 Å². The van der Waals surface area contributed by atoms with Crippen LogP contribution in [0.25, 0.3) is 10.8 Å². The maximum Gasteiger partial charge on any atom is 0.285 e. The Morgan fingerprint density at radius 2 is 1.58 bits per heavy atom. The van der Waals surface area contributed by atoms with E-state index >= 15 is 0 Å². The van der Waals surface area contributed by atoms with Gasteiger partial charge in [-0.25, -0.2) is 8.42 Å². The number of aliphatic hydroxyl groups excluding tert-OH is 2. The van der Waals surface area contributed by atoms with Gasteiger partial charge in [-0.3, -0.25) is 14.8 Å². The number of hydroxylamine groups is 2. The predicted molar refractivity (Wildman–Crippen MR) is 89.2 cm³/mol. The van der Waals surface area contributed by atoms with E-state index in [1.807, 2.05) is 0 Å². The fraction of sp³-hybridized carbons (Fsp3) is 0.250. The molecule has 1 aliphatic rings. The third-order valence-electron chi connectivity index (χ3n) is 4.13. The third-order valence-corrected chi connectivity index (χ3v) is 6.01. The molecule has 0 fully saturated rings. The van der Waals surface area contributed by atoms with E-state index in [-0.39, 0.29) is 39.6 Å². The molecule has 0 saturated carbocycles. The van der Waals surface area contributed by atoms with Crippen LogP contribution in [0.4, 0.5) is 0 Å². The summed E-state index contributed by atoms with van der Waals surface area (Å²) in [6.07, 6.45) is 0. The molecule has 0 saturated heterocycles. The van der Waals surface area contributed by atoms with Crippen LogP contribution in [0.2, 0.25) is 0 Å². The first kappa shape index (κ1) is 18.4. The standard InChI is InChI=1S/C16H16N2O7S/c19-6-4-17(5-7-20)26(24,25)11-8-10-2-1-3-12-14(10)13(9-11)16(22)18(23)15(12)21/h1-3,8-9,19-20,23H,4-7H2. The lowest BCUT2D eigenvalue weighted by atomic mass is 9.95. The number of carbonyl (C=O) groups excluding carboxylic acids is 2. The summed E-state index contributed by atoms with van der Waals surface area (Å²) in [5, 5.41) is 28.4. The van der Waals surface area contributed by atoms with E-state index in [9.17, 15) is 23.2 Å². The monoisotopic (exact) mass is 380 g/mol. The molecule has 0 aromatic heterocycles. The number of sulfonamides is 1. The SMILES string of the molecule is O=C1c2cccc3cc(S(=O)(=O)N(CCO)CCO)cc(c23)C(=O)N1O. The van der Waals surface area contributed by atoms with Crippen molar-refractivity contribution >= 4 is 32.6 Å². The minimum atomic E-state index is -4.12. The van der Waals surface area contributed by atoms with E-state index in [1.54, 1.807) is 6.07 Å². The van der Waals surface area contributed by atoms with E-state index < -0.39 is 35.1 Å². The zero-order valence-corrected chi connectivity index (χ0v) is 14.3. The fourth-order valence-electron chi connectivity index (χ4n) is 2.94. The lowest BCUT2D eigenvalue weighted by Crippen LogP contribution is -2.38. The molecule has 0 radical (unpaired) electrons. The van der Waals surface area contributed by atoms with Crippen molar-refractivity contribution in [2.45, 2.75) is 4.90 Å². The topological polar surface area (TPSA) is 135 Å². The Labute approximate surface area is 148 Å². The quantitative estimate of drug-likeness (QED) is 0.466. The molecule has 0 aliphatic carbocycles. The van der Waals surface area contributed by atoms with Gasteiger partial charge >= 0.3 is 0 Å². The van der Waals surface area contributed by atoms with Crippen LogP contribution in [0.5, 0.6) is 0 Å². The molecule has 1 aliphatic heterocycles. The molecule has 1 heterocycles. The van der Waals surface area contributed by atoms with Gasteiger partial charge in [0, 0.05) is 18.5 Å². The van der Waals surface area contributed by atoms with Crippen LogP contribution in [-0.2, 0) is 10.0 Å². The Bertz CT molecular complexity index is 997. The smallest absolute Gasteiger partial charge is 0.285 e. The van der Waals surface area contributed by atoms with Gasteiger partial charge < -0.3 is 10.2 Å². The van der Waals surface area contributed by atoms with Crippen LogP contribution >= 0.6 is 0 Å². The first-order valence-corrected chi connectivity index (χ1v) is 9.13. The number of carbonyl (C=O) groups is 2. The molecule has 0 spiro atoms. The predicted octanol–water partition coefficient (Wildman–Crippen LogP) is -0.200. The summed E-state index contributed by atoms with van der Waals surface area (Å²) in [7, 11) is -4.12. The van der Waals surface area contributed by atoms with Crippen molar-refractivity contribution < 1.29 is 33.4 Å². The van der Waals surface area contributed by atoms with Gasteiger partial charge in [-0.15, -0.1) is 5.06 Å². The first-order chi connectivity index (χ1) is 12.3. The Morgan fingerprint density at radius 3 is 2.19 bits per heavy atom. The summed E-state index contributed by atoms with van der Waals surface area (Å²) >= 11 is 0. The largest absolute Gasteiger partial charge is 0.395 e. The van der Waals surface area contributed by atoms with Crippen molar-refractivity contribution in [2.75, 3.05) is 26.3 Å². The van der Waals surface area contributed by atoms with Gasteiger partial charge in [-0.2, -0.15) is 4.31 Å². The minimum absolute atomic E-state index is 0.0489. The maximum absolute atomic E-state index is 12.8. The van der Waals surface area contributed by atoms with Crippen molar-refractivity contribution in [2.24, 2.45) is 0 Å². The Kier molecular flexibility index (Phi) is 4.78. The lowest BCUT2D eigenvalue weighted by Gasteiger charge is -2.24. The molecular weight excluding hydrogens is 364 g/mol. The Hall–Kier alpha value is -2.37. The summed E-state index contributed by atoms with van der Waals surface area (Å²) in [5.74, 6) is -1.91. The highest BCUT2D eigenvalue weighted by atomic mass is 32.2. The highest BCUT2D eigenvalue weighted by Crippen LogP contribution is 2.32. The van der Waals surface area contributed by atoms with Gasteiger partial charge in [0.1, 0.15) is 0 Å². The minimum Gasteiger partial charge on any atom is -0.395 e. The number of amides is 2. The normalized spacial score (nSPS) is 14.5. The van der Waals surface area contributed by atoms with Crippen molar-refractivity contribution in [1.82, 2.24) is 9.37 Å². The number of aliphatic hydroxyl groups is 2. The van der Waals surface area contributed by atoms with Crippen LogP contribution < -0.4 is 0 Å². The van der Waals surface area contributed by atoms with E-state index in [4.69, 9.17) is 10.2 Å². The molecule has 138 valence electrons. The van der Waals surface area contributed by atoms with Gasteiger partial charge in [-0.05, 0) is 23.6 Å². The molecule has 2 amide bonds. The van der Waals surface area contributed by atoms with Gasteiger partial charge in [0.15, 0.2) is 0 Å². The molecule has 2 aromatic carbocycles. The molecule has 9 nitrogen and oxygen atoms in total. The van der Waals surface area contributed by atoms with Crippen LogP contribution in [-0.4, -0.2) is 71.3 Å². The number of nitrogens with zero attached hydrogens (tertiary/aromatic N) is 2. The van der Waals surface area contributed by atoms with Gasteiger partial charge in [0.05, 0.1) is 29.2 Å². The molecule has 0 atom stereocenters. The molecule has 3 rings (SSSR count). The third kappa shape index (κ3) is 2.77. The molecule has 0 bridgehead atoms. The van der Waals surface area contributed by atoms with Crippen LogP contribution in [0.15, 0.2) is 35.2 Å². The molecule has 26 heavy (non-hydrogen) atoms. The van der Waals surface area contributed by atoms with Crippen molar-refractivity contribution in [3.8, 4) is 0 Å².